The predicted octanol–water partition coefficient (Wildman–Crippen LogP) is 2.27. The average molecular weight is 240 g/mol. The van der Waals surface area contributed by atoms with Gasteiger partial charge in [0.05, 0.1) is 18.4 Å². The Morgan fingerprint density at radius 2 is 2.19 bits per heavy atom. The van der Waals surface area contributed by atoms with Gasteiger partial charge in [0.25, 0.3) is 0 Å². The Labute approximate surface area is 101 Å². The molecule has 0 spiro atoms. The summed E-state index contributed by atoms with van der Waals surface area (Å²) < 4.78 is 5.83. The summed E-state index contributed by atoms with van der Waals surface area (Å²) in [7, 11) is 2.01. The van der Waals surface area contributed by atoms with Crippen molar-refractivity contribution in [3.8, 4) is 0 Å². The molecule has 1 aromatic rings. The van der Waals surface area contributed by atoms with Crippen LogP contribution < -0.4 is 5.32 Å². The first-order valence-electron chi connectivity index (χ1n) is 5.88. The van der Waals surface area contributed by atoms with Gasteiger partial charge in [-0.05, 0) is 46.2 Å². The summed E-state index contributed by atoms with van der Waals surface area (Å²) in [6, 6.07) is 0. The van der Waals surface area contributed by atoms with Crippen LogP contribution in [-0.4, -0.2) is 24.7 Å². The molecule has 1 N–H and O–H groups in total. The highest BCUT2D eigenvalue weighted by Crippen LogP contribution is 2.30. The third kappa shape index (κ3) is 2.81. The number of nitrogens with zero attached hydrogens (tertiary/aromatic N) is 1. The normalized spacial score (nSPS) is 24.4. The summed E-state index contributed by atoms with van der Waals surface area (Å²) in [4.78, 5) is 5.78. The van der Waals surface area contributed by atoms with Crippen molar-refractivity contribution in [2.45, 2.75) is 39.4 Å². The molecule has 4 heteroatoms. The maximum Gasteiger partial charge on any atom is 0.119 e. The van der Waals surface area contributed by atoms with Crippen LogP contribution in [-0.2, 0) is 11.3 Å². The van der Waals surface area contributed by atoms with Crippen molar-refractivity contribution >= 4 is 11.3 Å². The van der Waals surface area contributed by atoms with Crippen LogP contribution in [0.1, 0.15) is 28.4 Å². The molecule has 2 rings (SSSR count). The van der Waals surface area contributed by atoms with E-state index in [-0.39, 0.29) is 0 Å². The number of hydrogen-bond donors (Lipinski definition) is 1. The van der Waals surface area contributed by atoms with E-state index in [0.717, 1.165) is 23.2 Å². The molecular weight excluding hydrogens is 220 g/mol. The maximum atomic E-state index is 5.83. The van der Waals surface area contributed by atoms with Crippen LogP contribution >= 0.6 is 11.3 Å². The van der Waals surface area contributed by atoms with E-state index in [1.807, 2.05) is 7.05 Å². The Balaban J connectivity index is 1.69. The summed E-state index contributed by atoms with van der Waals surface area (Å²) in [5.74, 6) is 0.815. The molecule has 0 saturated heterocycles. The van der Waals surface area contributed by atoms with Gasteiger partial charge in [0.2, 0.25) is 0 Å². The fraction of sp³-hybridized carbons (Fsp3) is 0.750. The second-order valence-electron chi connectivity index (χ2n) is 4.58. The van der Waals surface area contributed by atoms with Crippen LogP contribution in [0.25, 0.3) is 0 Å². The van der Waals surface area contributed by atoms with E-state index in [0.29, 0.717) is 12.7 Å². The lowest BCUT2D eigenvalue weighted by Gasteiger charge is -2.34. The van der Waals surface area contributed by atoms with Crippen molar-refractivity contribution in [2.75, 3.05) is 13.6 Å². The molecule has 90 valence electrons. The highest BCUT2D eigenvalue weighted by atomic mass is 32.1. The van der Waals surface area contributed by atoms with Crippen LogP contribution in [0.2, 0.25) is 0 Å². The number of ether oxygens (including phenoxy) is 1. The molecule has 1 heterocycles. The third-order valence-corrected chi connectivity index (χ3v) is 4.25. The molecular formula is C12H20N2OS. The highest BCUT2D eigenvalue weighted by molar-refractivity contribution is 7.11. The smallest absolute Gasteiger partial charge is 0.119 e. The van der Waals surface area contributed by atoms with Gasteiger partial charge in [0.15, 0.2) is 0 Å². The Kier molecular flexibility index (Phi) is 3.95. The number of aromatic nitrogens is 1. The zero-order chi connectivity index (χ0) is 11.5. The van der Waals surface area contributed by atoms with Crippen molar-refractivity contribution in [3.05, 3.63) is 15.6 Å². The standard InChI is InChI=1S/C12H20N2OS/c1-8-9(2)16-12(14-8)7-15-11-4-10(5-11)6-13-3/h10-11,13H,4-7H2,1-3H3. The first-order valence-corrected chi connectivity index (χ1v) is 6.69. The SMILES string of the molecule is CNCC1CC(OCc2nc(C)c(C)s2)C1. The lowest BCUT2D eigenvalue weighted by molar-refractivity contribution is -0.0391. The maximum absolute atomic E-state index is 5.83. The minimum atomic E-state index is 0.461. The van der Waals surface area contributed by atoms with E-state index in [2.05, 4.69) is 24.1 Å². The van der Waals surface area contributed by atoms with Crippen molar-refractivity contribution < 1.29 is 4.74 Å². The van der Waals surface area contributed by atoms with Gasteiger partial charge in [-0.25, -0.2) is 4.98 Å². The van der Waals surface area contributed by atoms with Crippen LogP contribution in [0, 0.1) is 19.8 Å². The van der Waals surface area contributed by atoms with Gasteiger partial charge < -0.3 is 10.1 Å². The van der Waals surface area contributed by atoms with E-state index < -0.39 is 0 Å². The second-order valence-corrected chi connectivity index (χ2v) is 5.87. The number of nitrogens with one attached hydrogen (secondary N) is 1. The fourth-order valence-electron chi connectivity index (χ4n) is 2.06. The molecule has 1 aliphatic rings. The van der Waals surface area contributed by atoms with E-state index in [9.17, 15) is 0 Å². The monoisotopic (exact) mass is 240 g/mol. The quantitative estimate of drug-likeness (QED) is 0.857. The largest absolute Gasteiger partial charge is 0.371 e. The van der Waals surface area contributed by atoms with Crippen molar-refractivity contribution in [1.82, 2.24) is 10.3 Å². The topological polar surface area (TPSA) is 34.1 Å². The van der Waals surface area contributed by atoms with Crippen molar-refractivity contribution in [1.29, 1.82) is 0 Å². The lowest BCUT2D eigenvalue weighted by Crippen LogP contribution is -2.36. The second kappa shape index (κ2) is 5.25. The number of hydrogen-bond acceptors (Lipinski definition) is 4. The first kappa shape index (κ1) is 12.0. The fourth-order valence-corrected chi connectivity index (χ4v) is 2.91. The Hall–Kier alpha value is -0.450. The molecule has 0 amide bonds. The van der Waals surface area contributed by atoms with Gasteiger partial charge in [-0.1, -0.05) is 0 Å². The Bertz CT molecular complexity index is 325. The van der Waals surface area contributed by atoms with Crippen LogP contribution in [0.3, 0.4) is 0 Å². The number of aryl methyl sites for hydroxylation is 2. The van der Waals surface area contributed by atoms with Crippen LogP contribution in [0.15, 0.2) is 0 Å². The first-order chi connectivity index (χ1) is 7.69. The summed E-state index contributed by atoms with van der Waals surface area (Å²) in [5, 5.41) is 4.33. The highest BCUT2D eigenvalue weighted by Gasteiger charge is 2.29. The zero-order valence-corrected chi connectivity index (χ0v) is 11.1. The van der Waals surface area contributed by atoms with Gasteiger partial charge in [0.1, 0.15) is 5.01 Å². The molecule has 1 aliphatic carbocycles. The van der Waals surface area contributed by atoms with Gasteiger partial charge in [-0.15, -0.1) is 11.3 Å². The van der Waals surface area contributed by atoms with Gasteiger partial charge in [-0.2, -0.15) is 0 Å². The lowest BCUT2D eigenvalue weighted by atomic mass is 9.82. The van der Waals surface area contributed by atoms with Crippen LogP contribution in [0.5, 0.6) is 0 Å². The summed E-state index contributed by atoms with van der Waals surface area (Å²) >= 11 is 1.75. The molecule has 0 unspecified atom stereocenters. The number of thiazole rings is 1. The Morgan fingerprint density at radius 3 is 2.75 bits per heavy atom. The average Bonchev–Trinajstić information content (AvgIpc) is 2.50. The molecule has 1 saturated carbocycles. The third-order valence-electron chi connectivity index (χ3n) is 3.20. The molecule has 0 radical (unpaired) electrons. The van der Waals surface area contributed by atoms with Gasteiger partial charge in [0, 0.05) is 4.88 Å². The van der Waals surface area contributed by atoms with E-state index >= 15 is 0 Å². The Morgan fingerprint density at radius 1 is 1.44 bits per heavy atom. The van der Waals surface area contributed by atoms with Gasteiger partial charge >= 0.3 is 0 Å². The van der Waals surface area contributed by atoms with Crippen molar-refractivity contribution in [3.63, 3.8) is 0 Å². The van der Waals surface area contributed by atoms with E-state index in [1.54, 1.807) is 11.3 Å². The molecule has 0 bridgehead atoms. The van der Waals surface area contributed by atoms with Crippen molar-refractivity contribution in [2.24, 2.45) is 5.92 Å². The van der Waals surface area contributed by atoms with Gasteiger partial charge in [-0.3, -0.25) is 0 Å². The van der Waals surface area contributed by atoms with Crippen LogP contribution in [0.4, 0.5) is 0 Å². The molecule has 1 aromatic heterocycles. The summed E-state index contributed by atoms with van der Waals surface area (Å²) in [6.07, 6.45) is 2.86. The molecule has 1 fully saturated rings. The molecule has 0 atom stereocenters. The number of rotatable bonds is 5. The molecule has 0 aromatic carbocycles. The predicted molar refractivity (Wildman–Crippen MR) is 66.8 cm³/mol. The van der Waals surface area contributed by atoms with E-state index in [4.69, 9.17) is 4.74 Å². The molecule has 3 nitrogen and oxygen atoms in total. The minimum Gasteiger partial charge on any atom is -0.371 e. The summed E-state index contributed by atoms with van der Waals surface area (Å²) in [6.45, 7) is 5.98. The minimum absolute atomic E-state index is 0.461. The van der Waals surface area contributed by atoms with E-state index in [1.165, 1.54) is 17.7 Å². The molecule has 16 heavy (non-hydrogen) atoms. The zero-order valence-electron chi connectivity index (χ0n) is 10.2. The summed E-state index contributed by atoms with van der Waals surface area (Å²) in [5.41, 5.74) is 1.14. The molecule has 0 aliphatic heterocycles.